The summed E-state index contributed by atoms with van der Waals surface area (Å²) in [5.41, 5.74) is 1.73. The van der Waals surface area contributed by atoms with Crippen molar-refractivity contribution in [2.45, 2.75) is 18.1 Å². The van der Waals surface area contributed by atoms with Crippen LogP contribution in [0.2, 0.25) is 0 Å². The molecule has 0 bridgehead atoms. The van der Waals surface area contributed by atoms with E-state index in [1.165, 1.54) is 6.20 Å². The number of rotatable bonds is 6. The zero-order chi connectivity index (χ0) is 22.1. The summed E-state index contributed by atoms with van der Waals surface area (Å²) in [6.45, 7) is 1.87. The molecule has 3 heterocycles. The molecule has 32 heavy (non-hydrogen) atoms. The van der Waals surface area contributed by atoms with E-state index in [0.717, 1.165) is 28.4 Å². The molecule has 0 spiro atoms. The van der Waals surface area contributed by atoms with Gasteiger partial charge < -0.3 is 14.7 Å². The van der Waals surface area contributed by atoms with Gasteiger partial charge in [0.05, 0.1) is 23.7 Å². The van der Waals surface area contributed by atoms with Crippen LogP contribution >= 0.6 is 11.8 Å². The van der Waals surface area contributed by atoms with Crippen LogP contribution in [0.15, 0.2) is 81.2 Å². The molecule has 160 valence electrons. The smallest absolute Gasteiger partial charge is 0.262 e. The quantitative estimate of drug-likeness (QED) is 0.304. The number of hydrogen-bond donors (Lipinski definition) is 2. The normalized spacial score (nSPS) is 12.3. The minimum atomic E-state index is -0.296. The second-order valence-corrected chi connectivity index (χ2v) is 8.23. The van der Waals surface area contributed by atoms with Crippen LogP contribution in [0.1, 0.15) is 18.7 Å². The van der Waals surface area contributed by atoms with Gasteiger partial charge in [0.15, 0.2) is 10.8 Å². The lowest BCUT2D eigenvalue weighted by Crippen LogP contribution is -2.28. The standard InChI is InChI=1S/C23H19N5O3S/c1-14(19-11-15-7-5-6-10-18(15)31-19)25-20(29)13-32-23-26-21-17(22(30)27-23)12-24-28(21)16-8-3-2-4-9-16/h2-12,14H,13H2,1H3,(H,25,29)(H,26,27,30)/t14-/m0/s1. The molecule has 0 unspecified atom stereocenters. The Bertz CT molecular complexity index is 1440. The van der Waals surface area contributed by atoms with Crippen LogP contribution in [-0.4, -0.2) is 31.4 Å². The van der Waals surface area contributed by atoms with Crippen LogP contribution in [0.25, 0.3) is 27.7 Å². The first-order chi connectivity index (χ1) is 15.6. The van der Waals surface area contributed by atoms with E-state index in [1.807, 2.05) is 67.6 Å². The first-order valence-electron chi connectivity index (χ1n) is 10.0. The van der Waals surface area contributed by atoms with E-state index in [2.05, 4.69) is 20.4 Å². The number of aromatic amines is 1. The fourth-order valence-electron chi connectivity index (χ4n) is 3.43. The molecule has 5 aromatic rings. The Hall–Kier alpha value is -3.85. The molecule has 0 saturated heterocycles. The molecule has 2 N–H and O–H groups in total. The van der Waals surface area contributed by atoms with Gasteiger partial charge in [0.2, 0.25) is 5.91 Å². The molecular formula is C23H19N5O3S. The lowest BCUT2D eigenvalue weighted by Gasteiger charge is -2.11. The van der Waals surface area contributed by atoms with Crippen molar-refractivity contribution < 1.29 is 9.21 Å². The molecule has 0 saturated carbocycles. The van der Waals surface area contributed by atoms with E-state index in [9.17, 15) is 9.59 Å². The fourth-order valence-corrected chi connectivity index (χ4v) is 4.10. The summed E-state index contributed by atoms with van der Waals surface area (Å²) in [6.07, 6.45) is 1.49. The van der Waals surface area contributed by atoms with Crippen LogP contribution < -0.4 is 10.9 Å². The molecule has 8 nitrogen and oxygen atoms in total. The average molecular weight is 446 g/mol. The van der Waals surface area contributed by atoms with E-state index < -0.39 is 0 Å². The third kappa shape index (κ3) is 3.90. The SMILES string of the molecule is C[C@H](NC(=O)CSc1nc2c(cnn2-c2ccccc2)c(=O)[nH]1)c1cc2ccccc2o1. The molecule has 2 aromatic carbocycles. The van der Waals surface area contributed by atoms with Crippen LogP contribution in [0, 0.1) is 0 Å². The third-order valence-electron chi connectivity index (χ3n) is 5.01. The van der Waals surface area contributed by atoms with Crippen LogP contribution in [-0.2, 0) is 4.79 Å². The Kier molecular flexibility index (Phi) is 5.24. The van der Waals surface area contributed by atoms with Gasteiger partial charge in [-0.1, -0.05) is 48.2 Å². The molecule has 1 amide bonds. The Morgan fingerprint density at radius 3 is 2.78 bits per heavy atom. The Labute approximate surface area is 186 Å². The zero-order valence-electron chi connectivity index (χ0n) is 17.1. The molecule has 3 aromatic heterocycles. The average Bonchev–Trinajstić information content (AvgIpc) is 3.43. The summed E-state index contributed by atoms with van der Waals surface area (Å²) in [6, 6.07) is 18.8. The van der Waals surface area contributed by atoms with Crippen molar-refractivity contribution in [3.8, 4) is 5.69 Å². The number of para-hydroxylation sites is 2. The van der Waals surface area contributed by atoms with Gasteiger partial charge >= 0.3 is 0 Å². The Morgan fingerprint density at radius 1 is 1.19 bits per heavy atom. The van der Waals surface area contributed by atoms with Crippen LogP contribution in [0.3, 0.4) is 0 Å². The number of fused-ring (bicyclic) bond motifs is 2. The highest BCUT2D eigenvalue weighted by atomic mass is 32.2. The highest BCUT2D eigenvalue weighted by Gasteiger charge is 2.16. The van der Waals surface area contributed by atoms with Crippen LogP contribution in [0.5, 0.6) is 0 Å². The molecular weight excluding hydrogens is 426 g/mol. The topological polar surface area (TPSA) is 106 Å². The van der Waals surface area contributed by atoms with Gasteiger partial charge in [-0.15, -0.1) is 0 Å². The Balaban J connectivity index is 1.30. The summed E-state index contributed by atoms with van der Waals surface area (Å²) < 4.78 is 7.42. The summed E-state index contributed by atoms with van der Waals surface area (Å²) >= 11 is 1.16. The maximum absolute atomic E-state index is 12.5. The number of nitrogens with zero attached hydrogens (tertiary/aromatic N) is 3. The van der Waals surface area contributed by atoms with Gasteiger partial charge in [-0.2, -0.15) is 5.10 Å². The fraction of sp³-hybridized carbons (Fsp3) is 0.130. The number of thioether (sulfide) groups is 1. The zero-order valence-corrected chi connectivity index (χ0v) is 17.9. The van der Waals surface area contributed by atoms with Gasteiger partial charge in [0.25, 0.3) is 5.56 Å². The van der Waals surface area contributed by atoms with E-state index in [-0.39, 0.29) is 23.3 Å². The van der Waals surface area contributed by atoms with Gasteiger partial charge in [0, 0.05) is 5.39 Å². The largest absolute Gasteiger partial charge is 0.459 e. The third-order valence-corrected chi connectivity index (χ3v) is 5.88. The number of carbonyl (C=O) groups excluding carboxylic acids is 1. The highest BCUT2D eigenvalue weighted by molar-refractivity contribution is 7.99. The minimum absolute atomic E-state index is 0.0957. The predicted octanol–water partition coefficient (Wildman–Crippen LogP) is 3.82. The van der Waals surface area contributed by atoms with E-state index in [0.29, 0.717) is 22.0 Å². The summed E-state index contributed by atoms with van der Waals surface area (Å²) in [5.74, 6) is 0.588. The van der Waals surface area contributed by atoms with Crippen molar-refractivity contribution in [1.29, 1.82) is 0 Å². The summed E-state index contributed by atoms with van der Waals surface area (Å²) in [4.78, 5) is 32.2. The van der Waals surface area contributed by atoms with Crippen molar-refractivity contribution in [2.24, 2.45) is 0 Å². The van der Waals surface area contributed by atoms with Crippen molar-refractivity contribution in [3.63, 3.8) is 0 Å². The van der Waals surface area contributed by atoms with Gasteiger partial charge in [-0.05, 0) is 31.2 Å². The number of nitrogens with one attached hydrogen (secondary N) is 2. The first-order valence-corrected chi connectivity index (χ1v) is 11.0. The molecule has 0 aliphatic heterocycles. The minimum Gasteiger partial charge on any atom is -0.459 e. The van der Waals surface area contributed by atoms with Crippen molar-refractivity contribution >= 4 is 39.7 Å². The van der Waals surface area contributed by atoms with Gasteiger partial charge in [0.1, 0.15) is 16.7 Å². The summed E-state index contributed by atoms with van der Waals surface area (Å²) in [5, 5.41) is 8.94. The molecule has 9 heteroatoms. The maximum Gasteiger partial charge on any atom is 0.262 e. The Morgan fingerprint density at radius 2 is 1.97 bits per heavy atom. The van der Waals surface area contributed by atoms with Crippen molar-refractivity contribution in [3.05, 3.63) is 83.0 Å². The molecule has 1 atom stereocenters. The molecule has 0 radical (unpaired) electrons. The van der Waals surface area contributed by atoms with Crippen molar-refractivity contribution in [2.75, 3.05) is 5.75 Å². The van der Waals surface area contributed by atoms with E-state index >= 15 is 0 Å². The second-order valence-electron chi connectivity index (χ2n) is 7.26. The molecule has 5 rings (SSSR count). The predicted molar refractivity (Wildman–Crippen MR) is 123 cm³/mol. The number of hydrogen-bond acceptors (Lipinski definition) is 6. The van der Waals surface area contributed by atoms with Crippen LogP contribution in [0.4, 0.5) is 0 Å². The number of benzene rings is 2. The van der Waals surface area contributed by atoms with Gasteiger partial charge in [-0.25, -0.2) is 9.67 Å². The highest BCUT2D eigenvalue weighted by Crippen LogP contribution is 2.24. The van der Waals surface area contributed by atoms with E-state index in [4.69, 9.17) is 4.42 Å². The molecule has 0 aliphatic carbocycles. The summed E-state index contributed by atoms with van der Waals surface area (Å²) in [7, 11) is 0. The monoisotopic (exact) mass is 445 g/mol. The van der Waals surface area contributed by atoms with E-state index in [1.54, 1.807) is 4.68 Å². The number of H-pyrrole nitrogens is 1. The number of furan rings is 1. The number of amides is 1. The second kappa shape index (κ2) is 8.35. The first kappa shape index (κ1) is 20.1. The lowest BCUT2D eigenvalue weighted by molar-refractivity contribution is -0.119. The lowest BCUT2D eigenvalue weighted by atomic mass is 10.2. The molecule has 0 aliphatic rings. The number of carbonyl (C=O) groups is 1. The van der Waals surface area contributed by atoms with Gasteiger partial charge in [-0.3, -0.25) is 9.59 Å². The maximum atomic E-state index is 12.5. The number of aromatic nitrogens is 4. The molecule has 0 fully saturated rings. The van der Waals surface area contributed by atoms with Crippen molar-refractivity contribution in [1.82, 2.24) is 25.1 Å².